The molecular formula is C18H21ClN4O3. The number of rotatable bonds is 8. The van der Waals surface area contributed by atoms with Crippen molar-refractivity contribution in [2.75, 3.05) is 25.0 Å². The number of nitrogens with one attached hydrogen (secondary N) is 1. The molecule has 1 amide bonds. The summed E-state index contributed by atoms with van der Waals surface area (Å²) in [5.41, 5.74) is 8.02. The normalized spacial score (nSPS) is 10.8. The van der Waals surface area contributed by atoms with E-state index in [-0.39, 0.29) is 18.1 Å². The summed E-state index contributed by atoms with van der Waals surface area (Å²) in [6.07, 6.45) is 0. The van der Waals surface area contributed by atoms with Crippen molar-refractivity contribution in [2.24, 2.45) is 5.73 Å². The number of carbonyl (C=O) groups excluding carboxylic acids is 1. The molecule has 0 aromatic heterocycles. The molecule has 3 N–H and O–H groups in total. The number of aryl methyl sites for hydroxylation is 1. The molecular weight excluding hydrogens is 356 g/mol. The molecule has 0 atom stereocenters. The molecule has 0 unspecified atom stereocenters. The monoisotopic (exact) mass is 376 g/mol. The van der Waals surface area contributed by atoms with Crippen molar-refractivity contribution in [3.8, 4) is 0 Å². The average Bonchev–Trinajstić information content (AvgIpc) is 2.59. The lowest BCUT2D eigenvalue weighted by molar-refractivity contribution is -0.384. The van der Waals surface area contributed by atoms with Crippen LogP contribution in [0.1, 0.15) is 11.1 Å². The van der Waals surface area contributed by atoms with Crippen LogP contribution in [0.25, 0.3) is 0 Å². The van der Waals surface area contributed by atoms with Gasteiger partial charge in [-0.3, -0.25) is 19.8 Å². The van der Waals surface area contributed by atoms with E-state index in [1.165, 1.54) is 12.1 Å². The number of nitrogens with zero attached hydrogens (tertiary/aromatic N) is 2. The van der Waals surface area contributed by atoms with E-state index in [1.54, 1.807) is 18.2 Å². The molecule has 2 aromatic carbocycles. The highest BCUT2D eigenvalue weighted by Gasteiger charge is 2.14. The van der Waals surface area contributed by atoms with Crippen LogP contribution in [0.5, 0.6) is 0 Å². The minimum atomic E-state index is -0.444. The molecule has 0 heterocycles. The Labute approximate surface area is 156 Å². The number of carbonyl (C=O) groups is 1. The molecule has 138 valence electrons. The molecule has 0 radical (unpaired) electrons. The number of nitro groups is 1. The van der Waals surface area contributed by atoms with E-state index in [2.05, 4.69) is 5.32 Å². The number of nitro benzene ring substituents is 1. The number of hydrogen-bond donors (Lipinski definition) is 2. The van der Waals surface area contributed by atoms with Gasteiger partial charge in [0.1, 0.15) is 0 Å². The fraction of sp³-hybridized carbons (Fsp3) is 0.278. The summed E-state index contributed by atoms with van der Waals surface area (Å²) < 4.78 is 0. The first kappa shape index (κ1) is 19.8. The molecule has 26 heavy (non-hydrogen) atoms. The van der Waals surface area contributed by atoms with Gasteiger partial charge in [0.15, 0.2) is 0 Å². The van der Waals surface area contributed by atoms with Crippen LogP contribution in [0.4, 0.5) is 11.4 Å². The lowest BCUT2D eigenvalue weighted by Crippen LogP contribution is -2.36. The second-order valence-corrected chi connectivity index (χ2v) is 6.31. The van der Waals surface area contributed by atoms with Gasteiger partial charge >= 0.3 is 0 Å². The third-order valence-corrected chi connectivity index (χ3v) is 4.17. The first-order valence-corrected chi connectivity index (χ1v) is 8.49. The van der Waals surface area contributed by atoms with Crippen LogP contribution in [0, 0.1) is 17.0 Å². The van der Waals surface area contributed by atoms with Gasteiger partial charge in [-0.25, -0.2) is 0 Å². The van der Waals surface area contributed by atoms with Gasteiger partial charge < -0.3 is 11.1 Å². The number of halogens is 1. The van der Waals surface area contributed by atoms with Crippen LogP contribution in [-0.4, -0.2) is 35.4 Å². The van der Waals surface area contributed by atoms with E-state index in [4.69, 9.17) is 17.3 Å². The second-order valence-electron chi connectivity index (χ2n) is 5.90. The molecule has 0 aliphatic rings. The SMILES string of the molecule is Cc1cccc(Cl)c1NC(=O)CN(CCN)Cc1ccc([N+](=O)[O-])cc1. The number of benzene rings is 2. The van der Waals surface area contributed by atoms with Gasteiger partial charge in [0.05, 0.1) is 22.2 Å². The number of nitrogens with two attached hydrogens (primary N) is 1. The molecule has 0 bridgehead atoms. The van der Waals surface area contributed by atoms with E-state index in [0.717, 1.165) is 11.1 Å². The van der Waals surface area contributed by atoms with E-state index in [0.29, 0.717) is 30.3 Å². The van der Waals surface area contributed by atoms with Crippen LogP contribution < -0.4 is 11.1 Å². The largest absolute Gasteiger partial charge is 0.329 e. The molecule has 2 rings (SSSR count). The summed E-state index contributed by atoms with van der Waals surface area (Å²) in [5, 5.41) is 14.0. The van der Waals surface area contributed by atoms with Crippen molar-refractivity contribution < 1.29 is 9.72 Å². The van der Waals surface area contributed by atoms with Crippen molar-refractivity contribution in [3.05, 3.63) is 68.7 Å². The second kappa shape index (κ2) is 9.28. The molecule has 0 spiro atoms. The Bertz CT molecular complexity index is 760. The van der Waals surface area contributed by atoms with E-state index < -0.39 is 4.92 Å². The van der Waals surface area contributed by atoms with Crippen molar-refractivity contribution in [3.63, 3.8) is 0 Å². The lowest BCUT2D eigenvalue weighted by Gasteiger charge is -2.21. The first-order valence-electron chi connectivity index (χ1n) is 8.11. The number of anilines is 1. The zero-order chi connectivity index (χ0) is 19.1. The van der Waals surface area contributed by atoms with Crippen molar-refractivity contribution >= 4 is 28.9 Å². The minimum absolute atomic E-state index is 0.0334. The molecule has 0 aliphatic heterocycles. The van der Waals surface area contributed by atoms with Gasteiger partial charge in [-0.2, -0.15) is 0 Å². The molecule has 0 saturated carbocycles. The molecule has 0 aliphatic carbocycles. The van der Waals surface area contributed by atoms with Crippen molar-refractivity contribution in [2.45, 2.75) is 13.5 Å². The quantitative estimate of drug-likeness (QED) is 0.544. The predicted molar refractivity (Wildman–Crippen MR) is 102 cm³/mol. The Hall–Kier alpha value is -2.48. The maximum Gasteiger partial charge on any atom is 0.269 e. The third kappa shape index (κ3) is 5.52. The highest BCUT2D eigenvalue weighted by Crippen LogP contribution is 2.25. The summed E-state index contributed by atoms with van der Waals surface area (Å²) in [6, 6.07) is 11.7. The van der Waals surface area contributed by atoms with Gasteiger partial charge in [-0.1, -0.05) is 35.9 Å². The zero-order valence-electron chi connectivity index (χ0n) is 14.4. The Balaban J connectivity index is 2.02. The van der Waals surface area contributed by atoms with Crippen LogP contribution >= 0.6 is 11.6 Å². The van der Waals surface area contributed by atoms with Gasteiger partial charge in [-0.05, 0) is 24.1 Å². The van der Waals surface area contributed by atoms with Crippen molar-refractivity contribution in [1.29, 1.82) is 0 Å². The van der Waals surface area contributed by atoms with Crippen LogP contribution in [0.2, 0.25) is 5.02 Å². The highest BCUT2D eigenvalue weighted by atomic mass is 35.5. The summed E-state index contributed by atoms with van der Waals surface area (Å²) >= 11 is 6.14. The molecule has 2 aromatic rings. The van der Waals surface area contributed by atoms with Crippen LogP contribution in [-0.2, 0) is 11.3 Å². The fourth-order valence-corrected chi connectivity index (χ4v) is 2.82. The Morgan fingerprint density at radius 1 is 1.27 bits per heavy atom. The lowest BCUT2D eigenvalue weighted by atomic mass is 10.2. The highest BCUT2D eigenvalue weighted by molar-refractivity contribution is 6.33. The standard InChI is InChI=1S/C18H21ClN4O3/c1-13-3-2-4-16(19)18(13)21-17(24)12-22(10-9-20)11-14-5-7-15(8-6-14)23(25)26/h2-8H,9-12,20H2,1H3,(H,21,24). The molecule has 0 saturated heterocycles. The van der Waals surface area contributed by atoms with Crippen LogP contribution in [0.3, 0.4) is 0 Å². The molecule has 7 nitrogen and oxygen atoms in total. The Kier molecular flexibility index (Phi) is 7.08. The number of amides is 1. The van der Waals surface area contributed by atoms with Gasteiger partial charge in [0.25, 0.3) is 5.69 Å². The summed E-state index contributed by atoms with van der Waals surface area (Å²) in [7, 11) is 0. The van der Waals surface area contributed by atoms with Crippen LogP contribution in [0.15, 0.2) is 42.5 Å². The third-order valence-electron chi connectivity index (χ3n) is 3.85. The average molecular weight is 377 g/mol. The molecule has 0 fully saturated rings. The number of non-ortho nitro benzene ring substituents is 1. The summed E-state index contributed by atoms with van der Waals surface area (Å²) in [4.78, 5) is 24.6. The smallest absolute Gasteiger partial charge is 0.269 e. The molecule has 8 heteroatoms. The Morgan fingerprint density at radius 2 is 1.96 bits per heavy atom. The maximum atomic E-state index is 12.4. The number of para-hydroxylation sites is 1. The van der Waals surface area contributed by atoms with Gasteiger partial charge in [0, 0.05) is 31.8 Å². The van der Waals surface area contributed by atoms with E-state index >= 15 is 0 Å². The van der Waals surface area contributed by atoms with Gasteiger partial charge in [0.2, 0.25) is 5.91 Å². The maximum absolute atomic E-state index is 12.4. The Morgan fingerprint density at radius 3 is 2.54 bits per heavy atom. The van der Waals surface area contributed by atoms with Gasteiger partial charge in [-0.15, -0.1) is 0 Å². The number of hydrogen-bond acceptors (Lipinski definition) is 5. The first-order chi connectivity index (χ1) is 12.4. The van der Waals surface area contributed by atoms with E-state index in [9.17, 15) is 14.9 Å². The topological polar surface area (TPSA) is 102 Å². The predicted octanol–water partition coefficient (Wildman–Crippen LogP) is 2.96. The fourth-order valence-electron chi connectivity index (χ4n) is 2.55. The van der Waals surface area contributed by atoms with Crippen molar-refractivity contribution in [1.82, 2.24) is 4.90 Å². The minimum Gasteiger partial charge on any atom is -0.329 e. The summed E-state index contributed by atoms with van der Waals surface area (Å²) in [5.74, 6) is -0.198. The van der Waals surface area contributed by atoms with E-state index in [1.807, 2.05) is 24.0 Å². The summed E-state index contributed by atoms with van der Waals surface area (Å²) in [6.45, 7) is 3.39. The zero-order valence-corrected chi connectivity index (χ0v) is 15.2.